The first-order valence-corrected chi connectivity index (χ1v) is 9.71. The molecular formula is C15H20F3N5O2S. The highest BCUT2D eigenvalue weighted by molar-refractivity contribution is 7.89. The molecule has 0 spiro atoms. The molecule has 7 nitrogen and oxygen atoms in total. The largest absolute Gasteiger partial charge is 0.434 e. The van der Waals surface area contributed by atoms with Crippen LogP contribution in [0.3, 0.4) is 0 Å². The average molecular weight is 391 g/mol. The molecule has 144 valence electrons. The van der Waals surface area contributed by atoms with E-state index in [0.717, 1.165) is 6.20 Å². The molecule has 0 radical (unpaired) electrons. The molecule has 26 heavy (non-hydrogen) atoms. The molecule has 0 saturated heterocycles. The van der Waals surface area contributed by atoms with E-state index in [1.54, 1.807) is 4.57 Å². The molecule has 1 N–H and O–H groups in total. The van der Waals surface area contributed by atoms with Crippen molar-refractivity contribution in [1.29, 1.82) is 0 Å². The lowest BCUT2D eigenvalue weighted by Gasteiger charge is -2.23. The van der Waals surface area contributed by atoms with Crippen LogP contribution >= 0.6 is 0 Å². The number of fused-ring (bicyclic) bond motifs is 1. The molecular weight excluding hydrogens is 371 g/mol. The molecule has 0 saturated carbocycles. The summed E-state index contributed by atoms with van der Waals surface area (Å²) in [5.41, 5.74) is -0.909. The smallest absolute Gasteiger partial charge is 0.334 e. The summed E-state index contributed by atoms with van der Waals surface area (Å²) in [6, 6.07) is 0.0901. The van der Waals surface area contributed by atoms with Gasteiger partial charge in [-0.2, -0.15) is 13.2 Å². The van der Waals surface area contributed by atoms with E-state index in [-0.39, 0.29) is 23.5 Å². The van der Waals surface area contributed by atoms with Crippen molar-refractivity contribution in [2.75, 3.05) is 6.54 Å². The molecule has 0 amide bonds. The zero-order valence-corrected chi connectivity index (χ0v) is 15.2. The minimum absolute atomic E-state index is 0.0651. The molecule has 2 aromatic rings. The predicted molar refractivity (Wildman–Crippen MR) is 86.8 cm³/mol. The van der Waals surface area contributed by atoms with Crippen molar-refractivity contribution < 1.29 is 21.6 Å². The number of hydrogen-bond acceptors (Lipinski definition) is 4. The Morgan fingerprint density at radius 3 is 2.69 bits per heavy atom. The maximum absolute atomic E-state index is 12.7. The zero-order chi connectivity index (χ0) is 19.1. The SMILES string of the molecule is CC(C)n1cnc(S(=O)(=O)NC[C@H]2CCc3nc(C(F)(F)F)cn3C2)c1. The van der Waals surface area contributed by atoms with Gasteiger partial charge in [-0.05, 0) is 26.2 Å². The van der Waals surface area contributed by atoms with Crippen molar-refractivity contribution in [3.05, 3.63) is 30.2 Å². The maximum Gasteiger partial charge on any atom is 0.434 e. The van der Waals surface area contributed by atoms with Crippen LogP contribution in [0.5, 0.6) is 0 Å². The first-order valence-electron chi connectivity index (χ1n) is 8.22. The zero-order valence-electron chi connectivity index (χ0n) is 14.4. The minimum atomic E-state index is -4.48. The summed E-state index contributed by atoms with van der Waals surface area (Å²) in [4.78, 5) is 7.53. The van der Waals surface area contributed by atoms with Crippen molar-refractivity contribution in [3.8, 4) is 0 Å². The van der Waals surface area contributed by atoms with Gasteiger partial charge in [-0.25, -0.2) is 23.1 Å². The molecule has 3 heterocycles. The molecule has 0 aromatic carbocycles. The molecule has 2 aromatic heterocycles. The van der Waals surface area contributed by atoms with Crippen molar-refractivity contribution in [1.82, 2.24) is 23.8 Å². The van der Waals surface area contributed by atoms with Crippen LogP contribution in [0.4, 0.5) is 13.2 Å². The fourth-order valence-corrected chi connectivity index (χ4v) is 3.91. The molecule has 1 atom stereocenters. The van der Waals surface area contributed by atoms with Crippen LogP contribution in [0.1, 0.15) is 37.8 Å². The van der Waals surface area contributed by atoms with Crippen LogP contribution in [0.2, 0.25) is 0 Å². The van der Waals surface area contributed by atoms with Crippen LogP contribution < -0.4 is 4.72 Å². The Labute approximate surface area is 149 Å². The Morgan fingerprint density at radius 2 is 2.08 bits per heavy atom. The summed E-state index contributed by atoms with van der Waals surface area (Å²) in [6.45, 7) is 4.24. The van der Waals surface area contributed by atoms with E-state index in [4.69, 9.17) is 0 Å². The number of aromatic nitrogens is 4. The molecule has 1 aliphatic heterocycles. The number of alkyl halides is 3. The summed E-state index contributed by atoms with van der Waals surface area (Å²) >= 11 is 0. The maximum atomic E-state index is 12.7. The Balaban J connectivity index is 1.64. The van der Waals surface area contributed by atoms with E-state index < -0.39 is 21.9 Å². The first kappa shape index (κ1) is 18.9. The van der Waals surface area contributed by atoms with Crippen LogP contribution in [-0.4, -0.2) is 34.1 Å². The number of imidazole rings is 2. The summed E-state index contributed by atoms with van der Waals surface area (Å²) in [7, 11) is -3.75. The van der Waals surface area contributed by atoms with Gasteiger partial charge in [0.1, 0.15) is 5.82 Å². The molecule has 3 rings (SSSR count). The molecule has 11 heteroatoms. The number of rotatable bonds is 5. The Kier molecular flexibility index (Phi) is 4.86. The van der Waals surface area contributed by atoms with E-state index in [2.05, 4.69) is 14.7 Å². The Hall–Kier alpha value is -1.88. The van der Waals surface area contributed by atoms with Gasteiger partial charge in [0, 0.05) is 37.9 Å². The monoisotopic (exact) mass is 391 g/mol. The number of halogens is 3. The van der Waals surface area contributed by atoms with E-state index in [1.165, 1.54) is 17.1 Å². The summed E-state index contributed by atoms with van der Waals surface area (Å²) in [6.07, 6.45) is 0.367. The Bertz CT molecular complexity index is 885. The molecule has 1 aliphatic rings. The van der Waals surface area contributed by atoms with E-state index in [9.17, 15) is 21.6 Å². The minimum Gasteiger partial charge on any atom is -0.334 e. The summed E-state index contributed by atoms with van der Waals surface area (Å²) in [5, 5.41) is -0.0651. The fourth-order valence-electron chi connectivity index (χ4n) is 2.86. The number of hydrogen-bond donors (Lipinski definition) is 1. The fraction of sp³-hybridized carbons (Fsp3) is 0.600. The van der Waals surface area contributed by atoms with Crippen LogP contribution in [0.15, 0.2) is 23.7 Å². The van der Waals surface area contributed by atoms with Gasteiger partial charge in [0.25, 0.3) is 10.0 Å². The number of aryl methyl sites for hydroxylation is 1. The number of nitrogens with zero attached hydrogens (tertiary/aromatic N) is 4. The van der Waals surface area contributed by atoms with E-state index >= 15 is 0 Å². The quantitative estimate of drug-likeness (QED) is 0.847. The number of sulfonamides is 1. The van der Waals surface area contributed by atoms with Crippen molar-refractivity contribution in [2.45, 2.75) is 50.5 Å². The third-order valence-electron chi connectivity index (χ3n) is 4.39. The van der Waals surface area contributed by atoms with Crippen molar-refractivity contribution >= 4 is 10.0 Å². The van der Waals surface area contributed by atoms with Gasteiger partial charge in [-0.15, -0.1) is 0 Å². The van der Waals surface area contributed by atoms with Gasteiger partial charge in [-0.3, -0.25) is 0 Å². The summed E-state index contributed by atoms with van der Waals surface area (Å²) in [5.74, 6) is 0.270. The normalized spacial score (nSPS) is 18.3. The third kappa shape index (κ3) is 3.93. The highest BCUT2D eigenvalue weighted by Crippen LogP contribution is 2.30. The second-order valence-electron chi connectivity index (χ2n) is 6.70. The predicted octanol–water partition coefficient (Wildman–Crippen LogP) is 2.22. The molecule has 0 aliphatic carbocycles. The van der Waals surface area contributed by atoms with Crippen LogP contribution in [0, 0.1) is 5.92 Å². The first-order chi connectivity index (χ1) is 12.1. The lowest BCUT2D eigenvalue weighted by Crippen LogP contribution is -2.33. The topological polar surface area (TPSA) is 81.8 Å². The standard InChI is InChI=1S/C15H20F3N5O2S/c1-10(2)23-8-14(19-9-23)26(24,25)20-5-11-3-4-13-21-12(15(16,17)18)7-22(13)6-11/h7-11,20H,3-6H2,1-2H3/t11-/m1/s1. The van der Waals surface area contributed by atoms with Gasteiger partial charge < -0.3 is 9.13 Å². The van der Waals surface area contributed by atoms with Gasteiger partial charge in [0.05, 0.1) is 6.33 Å². The third-order valence-corrected chi connectivity index (χ3v) is 5.70. The van der Waals surface area contributed by atoms with Crippen molar-refractivity contribution in [2.24, 2.45) is 5.92 Å². The van der Waals surface area contributed by atoms with E-state index in [0.29, 0.717) is 25.2 Å². The van der Waals surface area contributed by atoms with Crippen LogP contribution in [-0.2, 0) is 29.2 Å². The Morgan fingerprint density at radius 1 is 1.35 bits per heavy atom. The lowest BCUT2D eigenvalue weighted by atomic mass is 10.00. The second-order valence-corrected chi connectivity index (χ2v) is 8.42. The van der Waals surface area contributed by atoms with Gasteiger partial charge in [0.2, 0.25) is 0 Å². The second kappa shape index (κ2) is 6.69. The van der Waals surface area contributed by atoms with E-state index in [1.807, 2.05) is 13.8 Å². The highest BCUT2D eigenvalue weighted by atomic mass is 32.2. The molecule has 0 fully saturated rings. The number of nitrogens with one attached hydrogen (secondary N) is 1. The van der Waals surface area contributed by atoms with Gasteiger partial charge in [-0.1, -0.05) is 0 Å². The van der Waals surface area contributed by atoms with Crippen molar-refractivity contribution in [3.63, 3.8) is 0 Å². The highest BCUT2D eigenvalue weighted by Gasteiger charge is 2.36. The van der Waals surface area contributed by atoms with Gasteiger partial charge in [0.15, 0.2) is 10.7 Å². The van der Waals surface area contributed by atoms with Gasteiger partial charge >= 0.3 is 6.18 Å². The summed E-state index contributed by atoms with van der Waals surface area (Å²) < 4.78 is 68.6. The molecule has 0 bridgehead atoms. The molecule has 0 unspecified atom stereocenters. The lowest BCUT2D eigenvalue weighted by molar-refractivity contribution is -0.141. The van der Waals surface area contributed by atoms with Crippen LogP contribution in [0.25, 0.3) is 0 Å². The average Bonchev–Trinajstić information content (AvgIpc) is 3.19.